The lowest BCUT2D eigenvalue weighted by atomic mass is 10.1. The van der Waals surface area contributed by atoms with Gasteiger partial charge in [-0.1, -0.05) is 24.3 Å². The summed E-state index contributed by atoms with van der Waals surface area (Å²) < 4.78 is 16.2. The van der Waals surface area contributed by atoms with Crippen LogP contribution in [-0.4, -0.2) is 69.3 Å². The van der Waals surface area contributed by atoms with Crippen LogP contribution in [0.2, 0.25) is 0 Å². The number of amides is 1. The predicted molar refractivity (Wildman–Crippen MR) is 113 cm³/mol. The van der Waals surface area contributed by atoms with Crippen molar-refractivity contribution >= 4 is 5.91 Å². The number of morpholine rings is 1. The zero-order chi connectivity index (χ0) is 20.6. The number of hydrogen-bond acceptors (Lipinski definition) is 5. The predicted octanol–water partition coefficient (Wildman–Crippen LogP) is 2.99. The van der Waals surface area contributed by atoms with E-state index in [0.717, 1.165) is 49.5 Å². The number of aryl methyl sites for hydroxylation is 1. The molecule has 0 unspecified atom stereocenters. The summed E-state index contributed by atoms with van der Waals surface area (Å²) in [5.74, 6) is 1.40. The molecule has 0 N–H and O–H groups in total. The first-order valence-electron chi connectivity index (χ1n) is 9.98. The fourth-order valence-corrected chi connectivity index (χ4v) is 3.52. The lowest BCUT2D eigenvalue weighted by Gasteiger charge is -2.30. The third-order valence-electron chi connectivity index (χ3n) is 5.27. The van der Waals surface area contributed by atoms with Crippen LogP contribution in [0.25, 0.3) is 0 Å². The zero-order valence-electron chi connectivity index (χ0n) is 17.5. The van der Waals surface area contributed by atoms with Gasteiger partial charge in [0.15, 0.2) is 11.5 Å². The van der Waals surface area contributed by atoms with E-state index in [-0.39, 0.29) is 5.91 Å². The molecular formula is C23H30N2O4. The van der Waals surface area contributed by atoms with Crippen LogP contribution in [0, 0.1) is 6.92 Å². The van der Waals surface area contributed by atoms with Gasteiger partial charge < -0.3 is 19.1 Å². The van der Waals surface area contributed by atoms with E-state index in [0.29, 0.717) is 24.6 Å². The number of methoxy groups -OCH3 is 2. The number of carbonyl (C=O) groups excluding carboxylic acids is 1. The van der Waals surface area contributed by atoms with Gasteiger partial charge in [-0.2, -0.15) is 0 Å². The van der Waals surface area contributed by atoms with Gasteiger partial charge in [-0.25, -0.2) is 0 Å². The van der Waals surface area contributed by atoms with Gasteiger partial charge in [0.05, 0.1) is 27.4 Å². The standard InChI is InChI=1S/C23H30N2O4/c1-18-6-4-5-7-20(18)23(26)25(11-10-24-12-14-29-15-13-24)17-19-8-9-21(27-2)22(16-19)28-3/h4-9,16H,10-15,17H2,1-3H3. The average Bonchev–Trinajstić information content (AvgIpc) is 2.77. The van der Waals surface area contributed by atoms with E-state index in [4.69, 9.17) is 14.2 Å². The minimum atomic E-state index is 0.0474. The van der Waals surface area contributed by atoms with Crippen molar-refractivity contribution in [1.82, 2.24) is 9.80 Å². The van der Waals surface area contributed by atoms with E-state index in [2.05, 4.69) is 4.90 Å². The molecule has 1 saturated heterocycles. The quantitative estimate of drug-likeness (QED) is 0.684. The summed E-state index contributed by atoms with van der Waals surface area (Å²) in [6, 6.07) is 13.5. The lowest BCUT2D eigenvalue weighted by molar-refractivity contribution is 0.0320. The van der Waals surface area contributed by atoms with Crippen LogP contribution >= 0.6 is 0 Å². The molecule has 6 heteroatoms. The number of benzene rings is 2. The SMILES string of the molecule is COc1ccc(CN(CCN2CCOCC2)C(=O)c2ccccc2C)cc1OC. The van der Waals surface area contributed by atoms with Crippen molar-refractivity contribution < 1.29 is 19.0 Å². The van der Waals surface area contributed by atoms with Crippen molar-refractivity contribution in [2.24, 2.45) is 0 Å². The van der Waals surface area contributed by atoms with Gasteiger partial charge in [0.25, 0.3) is 5.91 Å². The summed E-state index contributed by atoms with van der Waals surface area (Å²) >= 11 is 0. The Morgan fingerprint density at radius 3 is 2.48 bits per heavy atom. The summed E-state index contributed by atoms with van der Waals surface area (Å²) in [7, 11) is 3.24. The van der Waals surface area contributed by atoms with E-state index in [1.54, 1.807) is 14.2 Å². The topological polar surface area (TPSA) is 51.2 Å². The van der Waals surface area contributed by atoms with Crippen molar-refractivity contribution in [3.63, 3.8) is 0 Å². The molecule has 0 aliphatic carbocycles. The Morgan fingerprint density at radius 1 is 1.07 bits per heavy atom. The summed E-state index contributed by atoms with van der Waals surface area (Å²) in [5.41, 5.74) is 2.74. The lowest BCUT2D eigenvalue weighted by Crippen LogP contribution is -2.43. The first kappa shape index (κ1) is 21.1. The molecule has 0 aromatic heterocycles. The first-order valence-corrected chi connectivity index (χ1v) is 9.98. The first-order chi connectivity index (χ1) is 14.1. The van der Waals surface area contributed by atoms with E-state index in [1.165, 1.54) is 0 Å². The number of hydrogen-bond donors (Lipinski definition) is 0. The van der Waals surface area contributed by atoms with Crippen LogP contribution in [0.1, 0.15) is 21.5 Å². The fraction of sp³-hybridized carbons (Fsp3) is 0.435. The fourth-order valence-electron chi connectivity index (χ4n) is 3.52. The van der Waals surface area contributed by atoms with Crippen molar-refractivity contribution in [3.8, 4) is 11.5 Å². The van der Waals surface area contributed by atoms with Gasteiger partial charge in [-0.3, -0.25) is 9.69 Å². The van der Waals surface area contributed by atoms with Crippen LogP contribution in [0.5, 0.6) is 11.5 Å². The van der Waals surface area contributed by atoms with Gasteiger partial charge >= 0.3 is 0 Å². The molecule has 1 aliphatic heterocycles. The van der Waals surface area contributed by atoms with Crippen LogP contribution in [-0.2, 0) is 11.3 Å². The Labute approximate surface area is 173 Å². The second-order valence-corrected chi connectivity index (χ2v) is 7.18. The number of carbonyl (C=O) groups is 1. The van der Waals surface area contributed by atoms with Crippen LogP contribution < -0.4 is 9.47 Å². The monoisotopic (exact) mass is 398 g/mol. The van der Waals surface area contributed by atoms with E-state index < -0.39 is 0 Å². The van der Waals surface area contributed by atoms with Crippen molar-refractivity contribution in [1.29, 1.82) is 0 Å². The molecule has 6 nitrogen and oxygen atoms in total. The van der Waals surface area contributed by atoms with Crippen molar-refractivity contribution in [2.75, 3.05) is 53.6 Å². The van der Waals surface area contributed by atoms with Gasteiger partial charge in [0.1, 0.15) is 0 Å². The summed E-state index contributed by atoms with van der Waals surface area (Å²) in [4.78, 5) is 17.6. The number of nitrogens with zero attached hydrogens (tertiary/aromatic N) is 2. The molecule has 1 heterocycles. The molecule has 2 aromatic rings. The molecule has 1 amide bonds. The highest BCUT2D eigenvalue weighted by molar-refractivity contribution is 5.95. The third kappa shape index (κ3) is 5.49. The molecular weight excluding hydrogens is 368 g/mol. The molecule has 0 atom stereocenters. The van der Waals surface area contributed by atoms with Gasteiger partial charge in [0, 0.05) is 38.3 Å². The second kappa shape index (κ2) is 10.3. The normalized spacial score (nSPS) is 14.4. The highest BCUT2D eigenvalue weighted by atomic mass is 16.5. The Bertz CT molecular complexity index is 818. The molecule has 156 valence electrons. The van der Waals surface area contributed by atoms with E-state index >= 15 is 0 Å². The Balaban J connectivity index is 1.79. The van der Waals surface area contributed by atoms with Crippen molar-refractivity contribution in [2.45, 2.75) is 13.5 Å². The number of ether oxygens (including phenoxy) is 3. The summed E-state index contributed by atoms with van der Waals surface area (Å²) in [6.45, 7) is 7.28. The molecule has 0 spiro atoms. The maximum Gasteiger partial charge on any atom is 0.254 e. The molecule has 3 rings (SSSR count). The number of rotatable bonds is 8. The van der Waals surface area contributed by atoms with Gasteiger partial charge in [0.2, 0.25) is 0 Å². The molecule has 0 radical (unpaired) electrons. The summed E-state index contributed by atoms with van der Waals surface area (Å²) in [6.07, 6.45) is 0. The van der Waals surface area contributed by atoms with E-state index in [1.807, 2.05) is 54.3 Å². The van der Waals surface area contributed by atoms with Crippen LogP contribution in [0.4, 0.5) is 0 Å². The Morgan fingerprint density at radius 2 is 1.79 bits per heavy atom. The molecule has 0 saturated carbocycles. The van der Waals surface area contributed by atoms with Crippen LogP contribution in [0.3, 0.4) is 0 Å². The summed E-state index contributed by atoms with van der Waals surface area (Å²) in [5, 5.41) is 0. The van der Waals surface area contributed by atoms with E-state index in [9.17, 15) is 4.79 Å². The third-order valence-corrected chi connectivity index (χ3v) is 5.27. The highest BCUT2D eigenvalue weighted by Gasteiger charge is 2.20. The Kier molecular flexibility index (Phi) is 7.49. The maximum atomic E-state index is 13.3. The molecule has 29 heavy (non-hydrogen) atoms. The molecule has 2 aromatic carbocycles. The smallest absolute Gasteiger partial charge is 0.254 e. The largest absolute Gasteiger partial charge is 0.493 e. The Hall–Kier alpha value is -2.57. The van der Waals surface area contributed by atoms with Gasteiger partial charge in [-0.15, -0.1) is 0 Å². The minimum absolute atomic E-state index is 0.0474. The maximum absolute atomic E-state index is 13.3. The molecule has 1 aliphatic rings. The van der Waals surface area contributed by atoms with Crippen molar-refractivity contribution in [3.05, 3.63) is 59.2 Å². The van der Waals surface area contributed by atoms with Gasteiger partial charge in [-0.05, 0) is 36.2 Å². The molecule has 0 bridgehead atoms. The van der Waals surface area contributed by atoms with Crippen LogP contribution in [0.15, 0.2) is 42.5 Å². The average molecular weight is 399 g/mol. The second-order valence-electron chi connectivity index (χ2n) is 7.18. The minimum Gasteiger partial charge on any atom is -0.493 e. The highest BCUT2D eigenvalue weighted by Crippen LogP contribution is 2.28. The molecule has 1 fully saturated rings. The zero-order valence-corrected chi connectivity index (χ0v) is 17.5.